The van der Waals surface area contributed by atoms with Gasteiger partial charge < -0.3 is 20.1 Å². The van der Waals surface area contributed by atoms with Gasteiger partial charge in [-0.25, -0.2) is 9.78 Å². The highest BCUT2D eigenvalue weighted by atomic mass is 32.1. The molecule has 29 heavy (non-hydrogen) atoms. The van der Waals surface area contributed by atoms with Crippen molar-refractivity contribution in [2.75, 3.05) is 19.6 Å². The van der Waals surface area contributed by atoms with Crippen molar-refractivity contribution in [3.63, 3.8) is 0 Å². The molecule has 0 radical (unpaired) electrons. The third-order valence-electron chi connectivity index (χ3n) is 4.64. The number of carbonyl (C=O) groups excluding carboxylic acids is 2. The number of aliphatic hydroxyl groups is 1. The number of hydrogen-bond acceptors (Lipinski definition) is 7. The molecule has 0 atom stereocenters. The van der Waals surface area contributed by atoms with E-state index in [1.807, 2.05) is 36.7 Å². The fourth-order valence-electron chi connectivity index (χ4n) is 2.89. The molecule has 3 heterocycles. The van der Waals surface area contributed by atoms with Crippen molar-refractivity contribution >= 4 is 34.7 Å². The molecule has 0 spiro atoms. The van der Waals surface area contributed by atoms with Crippen LogP contribution >= 0.6 is 22.7 Å². The summed E-state index contributed by atoms with van der Waals surface area (Å²) < 4.78 is 5.29. The van der Waals surface area contributed by atoms with Crippen LogP contribution in [0, 0.1) is 0 Å². The zero-order valence-electron chi connectivity index (χ0n) is 17.3. The highest BCUT2D eigenvalue weighted by Crippen LogP contribution is 2.32. The van der Waals surface area contributed by atoms with Gasteiger partial charge in [-0.15, -0.1) is 22.7 Å². The molecule has 0 aliphatic carbocycles. The van der Waals surface area contributed by atoms with Crippen molar-refractivity contribution < 1.29 is 19.4 Å². The van der Waals surface area contributed by atoms with E-state index < -0.39 is 22.7 Å². The van der Waals surface area contributed by atoms with E-state index in [-0.39, 0.29) is 25.5 Å². The number of β-amino-alcohol motifs (C(OH)–C–C–N with tert-alkyl or cyclic N) is 1. The third-order valence-corrected chi connectivity index (χ3v) is 6.53. The molecule has 2 N–H and O–H groups in total. The maximum Gasteiger partial charge on any atom is 0.410 e. The minimum absolute atomic E-state index is 0.0660. The summed E-state index contributed by atoms with van der Waals surface area (Å²) in [6.45, 7) is 9.32. The summed E-state index contributed by atoms with van der Waals surface area (Å²) in [5, 5.41) is 18.2. The number of nitrogens with zero attached hydrogens (tertiary/aromatic N) is 2. The van der Waals surface area contributed by atoms with E-state index in [9.17, 15) is 14.7 Å². The van der Waals surface area contributed by atoms with Crippen LogP contribution in [-0.2, 0) is 14.9 Å². The number of hydrogen-bond donors (Lipinski definition) is 2. The van der Waals surface area contributed by atoms with Gasteiger partial charge in [-0.1, -0.05) is 6.07 Å². The number of amides is 2. The summed E-state index contributed by atoms with van der Waals surface area (Å²) in [5.41, 5.74) is -1.87. The third kappa shape index (κ3) is 4.96. The van der Waals surface area contributed by atoms with Crippen LogP contribution in [0.5, 0.6) is 0 Å². The number of nitrogens with one attached hydrogen (secondary N) is 1. The van der Waals surface area contributed by atoms with E-state index in [0.29, 0.717) is 5.69 Å². The first-order valence-corrected chi connectivity index (χ1v) is 11.1. The van der Waals surface area contributed by atoms with Gasteiger partial charge in [0, 0.05) is 11.9 Å². The number of carbonyl (C=O) groups is 2. The lowest BCUT2D eigenvalue weighted by molar-refractivity contribution is -0.130. The molecule has 2 aromatic rings. The molecule has 158 valence electrons. The Labute approximate surface area is 178 Å². The van der Waals surface area contributed by atoms with Gasteiger partial charge >= 0.3 is 6.09 Å². The van der Waals surface area contributed by atoms with Gasteiger partial charge in [0.15, 0.2) is 0 Å². The molecule has 2 aromatic heterocycles. The van der Waals surface area contributed by atoms with Crippen molar-refractivity contribution in [1.82, 2.24) is 15.2 Å². The van der Waals surface area contributed by atoms with Crippen LogP contribution in [0.3, 0.4) is 0 Å². The fourth-order valence-corrected chi connectivity index (χ4v) is 4.69. The molecular formula is C20H27N3O4S2. The number of ether oxygens (including phenoxy) is 1. The lowest BCUT2D eigenvalue weighted by atomic mass is 9.88. The van der Waals surface area contributed by atoms with E-state index in [2.05, 4.69) is 10.3 Å². The number of likely N-dealkylation sites (tertiary alicyclic amines) is 1. The maximum absolute atomic E-state index is 12.8. The van der Waals surface area contributed by atoms with Crippen LogP contribution in [0.15, 0.2) is 22.9 Å². The van der Waals surface area contributed by atoms with Crippen molar-refractivity contribution in [2.45, 2.75) is 51.2 Å². The van der Waals surface area contributed by atoms with Crippen LogP contribution in [0.2, 0.25) is 0 Å². The number of thiazole rings is 1. The van der Waals surface area contributed by atoms with Gasteiger partial charge in [-0.3, -0.25) is 4.79 Å². The monoisotopic (exact) mass is 437 g/mol. The first-order valence-electron chi connectivity index (χ1n) is 9.38. The lowest BCUT2D eigenvalue weighted by Gasteiger charge is -2.46. The van der Waals surface area contributed by atoms with Gasteiger partial charge in [-0.05, 0) is 46.1 Å². The van der Waals surface area contributed by atoms with E-state index in [4.69, 9.17) is 4.74 Å². The largest absolute Gasteiger partial charge is 0.444 e. The maximum atomic E-state index is 12.8. The second kappa shape index (κ2) is 7.70. The predicted molar refractivity (Wildman–Crippen MR) is 114 cm³/mol. The molecule has 1 aliphatic heterocycles. The SMILES string of the molecule is CC(C)(C)OC(=O)N1CC(O)(CNC(=O)C(C)(C)c2csc(-c3cccs3)n2)C1. The molecule has 0 saturated carbocycles. The first kappa shape index (κ1) is 21.7. The average molecular weight is 438 g/mol. The van der Waals surface area contributed by atoms with Crippen molar-refractivity contribution in [3.05, 3.63) is 28.6 Å². The predicted octanol–water partition coefficient (Wildman–Crippen LogP) is 3.25. The van der Waals surface area contributed by atoms with Crippen LogP contribution in [-0.4, -0.2) is 57.8 Å². The fraction of sp³-hybridized carbons (Fsp3) is 0.550. The van der Waals surface area contributed by atoms with Crippen LogP contribution < -0.4 is 5.32 Å². The van der Waals surface area contributed by atoms with E-state index in [1.165, 1.54) is 16.2 Å². The minimum atomic E-state index is -1.15. The van der Waals surface area contributed by atoms with Crippen molar-refractivity contribution in [3.8, 4) is 9.88 Å². The Balaban J connectivity index is 1.54. The normalized spacial score (nSPS) is 16.3. The van der Waals surface area contributed by atoms with Gasteiger partial charge in [0.1, 0.15) is 16.2 Å². The number of rotatable bonds is 5. The quantitative estimate of drug-likeness (QED) is 0.749. The van der Waals surface area contributed by atoms with Gasteiger partial charge in [-0.2, -0.15) is 0 Å². The van der Waals surface area contributed by atoms with Crippen molar-refractivity contribution in [2.24, 2.45) is 0 Å². The van der Waals surface area contributed by atoms with Gasteiger partial charge in [0.05, 0.1) is 29.1 Å². The molecule has 1 saturated heterocycles. The Morgan fingerprint density at radius 3 is 2.55 bits per heavy atom. The Bertz CT molecular complexity index is 878. The second-order valence-electron chi connectivity index (χ2n) is 8.88. The highest BCUT2D eigenvalue weighted by Gasteiger charge is 2.46. The molecule has 9 heteroatoms. The summed E-state index contributed by atoms with van der Waals surface area (Å²) in [4.78, 5) is 31.9. The summed E-state index contributed by atoms with van der Waals surface area (Å²) in [6, 6.07) is 3.97. The topological polar surface area (TPSA) is 91.8 Å². The summed E-state index contributed by atoms with van der Waals surface area (Å²) in [5.74, 6) is -0.218. The van der Waals surface area contributed by atoms with Gasteiger partial charge in [0.2, 0.25) is 5.91 Å². The average Bonchev–Trinajstić information content (AvgIpc) is 3.26. The second-order valence-corrected chi connectivity index (χ2v) is 10.7. The molecule has 3 rings (SSSR count). The first-order chi connectivity index (χ1) is 13.4. The van der Waals surface area contributed by atoms with Crippen LogP contribution in [0.4, 0.5) is 4.79 Å². The molecular weight excluding hydrogens is 410 g/mol. The Kier molecular flexibility index (Phi) is 5.77. The minimum Gasteiger partial charge on any atom is -0.444 e. The highest BCUT2D eigenvalue weighted by molar-refractivity contribution is 7.20. The molecule has 0 bridgehead atoms. The molecule has 2 amide bonds. The Morgan fingerprint density at radius 2 is 1.97 bits per heavy atom. The Morgan fingerprint density at radius 1 is 1.28 bits per heavy atom. The standard InChI is InChI=1S/C20H27N3O4S2/c1-18(2,3)27-17(25)23-11-20(26,12-23)10-21-16(24)19(4,5)14-9-29-15(22-14)13-7-6-8-28-13/h6-9,26H,10-12H2,1-5H3,(H,21,24). The smallest absolute Gasteiger partial charge is 0.410 e. The zero-order valence-corrected chi connectivity index (χ0v) is 18.9. The summed E-state index contributed by atoms with van der Waals surface area (Å²) >= 11 is 3.12. The van der Waals surface area contributed by atoms with E-state index in [1.54, 1.807) is 32.1 Å². The summed E-state index contributed by atoms with van der Waals surface area (Å²) in [6.07, 6.45) is -0.461. The molecule has 1 aliphatic rings. The molecule has 0 unspecified atom stereocenters. The molecule has 1 fully saturated rings. The van der Waals surface area contributed by atoms with Gasteiger partial charge in [0.25, 0.3) is 0 Å². The van der Waals surface area contributed by atoms with Crippen LogP contribution in [0.1, 0.15) is 40.3 Å². The van der Waals surface area contributed by atoms with Crippen molar-refractivity contribution in [1.29, 1.82) is 0 Å². The van der Waals surface area contributed by atoms with E-state index in [0.717, 1.165) is 9.88 Å². The Hall–Kier alpha value is -1.97. The zero-order chi connectivity index (χ0) is 21.4. The summed E-state index contributed by atoms with van der Waals surface area (Å²) in [7, 11) is 0. The van der Waals surface area contributed by atoms with Crippen LogP contribution in [0.25, 0.3) is 9.88 Å². The lowest BCUT2D eigenvalue weighted by Crippen LogP contribution is -2.68. The number of thiophene rings is 1. The van der Waals surface area contributed by atoms with E-state index >= 15 is 0 Å². The number of aromatic nitrogens is 1. The molecule has 7 nitrogen and oxygen atoms in total. The molecule has 0 aromatic carbocycles.